The molecule has 106 valence electrons. The topological polar surface area (TPSA) is 32.3 Å². The molecule has 1 aliphatic carbocycles. The normalized spacial score (nSPS) is 22.5. The molecule has 2 aliphatic rings. The van der Waals surface area contributed by atoms with Crippen molar-refractivity contribution in [2.75, 3.05) is 18.4 Å². The summed E-state index contributed by atoms with van der Waals surface area (Å²) in [5.41, 5.74) is 2.18. The smallest absolute Gasteiger partial charge is 0.249 e. The predicted molar refractivity (Wildman–Crippen MR) is 81.6 cm³/mol. The van der Waals surface area contributed by atoms with Crippen LogP contribution in [-0.2, 0) is 4.79 Å². The number of hydrogen-bond acceptors (Lipinski definition) is 2. The lowest BCUT2D eigenvalue weighted by Gasteiger charge is -2.34. The monoisotopic (exact) mass is 270 g/mol. The number of allylic oxidation sites excluding steroid dienone is 1. The third-order valence-corrected chi connectivity index (χ3v) is 4.17. The Labute approximate surface area is 120 Å². The molecular formula is C17H22N2O. The van der Waals surface area contributed by atoms with Crippen molar-refractivity contribution in [3.63, 3.8) is 0 Å². The molecule has 1 aromatic rings. The van der Waals surface area contributed by atoms with Crippen LogP contribution in [0.1, 0.15) is 32.1 Å². The van der Waals surface area contributed by atoms with Gasteiger partial charge in [0.25, 0.3) is 0 Å². The third kappa shape index (κ3) is 3.03. The van der Waals surface area contributed by atoms with Crippen LogP contribution < -0.4 is 5.32 Å². The molecule has 0 unspecified atom stereocenters. The Bertz CT molecular complexity index is 495. The first-order chi connectivity index (χ1) is 9.83. The molecule has 1 amide bonds. The molecule has 3 rings (SSSR count). The predicted octanol–water partition coefficient (Wildman–Crippen LogP) is 3.20. The van der Waals surface area contributed by atoms with Crippen LogP contribution in [0.15, 0.2) is 42.0 Å². The zero-order valence-corrected chi connectivity index (χ0v) is 11.8. The first kappa shape index (κ1) is 13.2. The van der Waals surface area contributed by atoms with E-state index in [4.69, 9.17) is 0 Å². The molecule has 1 N–H and O–H groups in total. The standard InChI is InChI=1S/C17H22N2O/c20-17(14-7-4-5-8-14)19-12-6-11-16(13-19)18-15-9-2-1-3-10-15/h1-3,7,9-10,16,18H,4-6,8,11-13H2/t16-/m1/s1. The molecule has 3 heteroatoms. The van der Waals surface area contributed by atoms with Gasteiger partial charge in [-0.15, -0.1) is 0 Å². The van der Waals surface area contributed by atoms with Crippen LogP contribution in [0.25, 0.3) is 0 Å². The lowest BCUT2D eigenvalue weighted by molar-refractivity contribution is -0.128. The van der Waals surface area contributed by atoms with Gasteiger partial charge in [-0.3, -0.25) is 4.79 Å². The fourth-order valence-electron chi connectivity index (χ4n) is 3.12. The number of rotatable bonds is 3. The van der Waals surface area contributed by atoms with Crippen molar-refractivity contribution >= 4 is 11.6 Å². The Hall–Kier alpha value is -1.77. The zero-order valence-electron chi connectivity index (χ0n) is 11.8. The van der Waals surface area contributed by atoms with Crippen molar-refractivity contribution in [2.24, 2.45) is 0 Å². The van der Waals surface area contributed by atoms with E-state index in [1.807, 2.05) is 23.1 Å². The van der Waals surface area contributed by atoms with Crippen molar-refractivity contribution in [1.29, 1.82) is 0 Å². The number of para-hydroxylation sites is 1. The van der Waals surface area contributed by atoms with E-state index >= 15 is 0 Å². The van der Waals surface area contributed by atoms with E-state index in [1.165, 1.54) is 0 Å². The third-order valence-electron chi connectivity index (χ3n) is 4.17. The molecule has 0 radical (unpaired) electrons. The minimum absolute atomic E-state index is 0.266. The maximum Gasteiger partial charge on any atom is 0.249 e. The number of likely N-dealkylation sites (tertiary alicyclic amines) is 1. The molecule has 0 saturated carbocycles. The van der Waals surface area contributed by atoms with E-state index in [9.17, 15) is 4.79 Å². The molecule has 1 saturated heterocycles. The molecule has 1 aliphatic heterocycles. The zero-order chi connectivity index (χ0) is 13.8. The second kappa shape index (κ2) is 6.12. The SMILES string of the molecule is O=C(C1=CCCC1)N1CCC[C@@H](Nc2ccccc2)C1. The van der Waals surface area contributed by atoms with Gasteiger partial charge in [0, 0.05) is 30.4 Å². The van der Waals surface area contributed by atoms with E-state index < -0.39 is 0 Å². The number of carbonyl (C=O) groups excluding carboxylic acids is 1. The molecular weight excluding hydrogens is 248 g/mol. The minimum Gasteiger partial charge on any atom is -0.381 e. The fraction of sp³-hybridized carbons (Fsp3) is 0.471. The summed E-state index contributed by atoms with van der Waals surface area (Å²) < 4.78 is 0. The summed E-state index contributed by atoms with van der Waals surface area (Å²) in [6, 6.07) is 10.6. The summed E-state index contributed by atoms with van der Waals surface area (Å²) in [6.07, 6.45) is 7.52. The van der Waals surface area contributed by atoms with E-state index in [0.29, 0.717) is 6.04 Å². The van der Waals surface area contributed by atoms with Crippen molar-refractivity contribution in [3.8, 4) is 0 Å². The highest BCUT2D eigenvalue weighted by molar-refractivity contribution is 5.93. The second-order valence-corrected chi connectivity index (χ2v) is 5.72. The quantitative estimate of drug-likeness (QED) is 0.914. The highest BCUT2D eigenvalue weighted by Crippen LogP contribution is 2.23. The maximum atomic E-state index is 12.4. The summed E-state index contributed by atoms with van der Waals surface area (Å²) >= 11 is 0. The largest absolute Gasteiger partial charge is 0.381 e. The van der Waals surface area contributed by atoms with Crippen LogP contribution in [0.2, 0.25) is 0 Å². The van der Waals surface area contributed by atoms with E-state index in [2.05, 4.69) is 23.5 Å². The lowest BCUT2D eigenvalue weighted by atomic mass is 10.0. The summed E-state index contributed by atoms with van der Waals surface area (Å²) in [5, 5.41) is 3.54. The summed E-state index contributed by atoms with van der Waals surface area (Å²) in [5.74, 6) is 0.266. The fourth-order valence-corrected chi connectivity index (χ4v) is 3.12. The molecule has 1 heterocycles. The average molecular weight is 270 g/mol. The molecule has 1 atom stereocenters. The summed E-state index contributed by atoms with van der Waals surface area (Å²) in [7, 11) is 0. The molecule has 1 aromatic carbocycles. The van der Waals surface area contributed by atoms with E-state index in [1.54, 1.807) is 0 Å². The summed E-state index contributed by atoms with van der Waals surface area (Å²) in [4.78, 5) is 14.5. The number of carbonyl (C=O) groups is 1. The molecule has 0 spiro atoms. The van der Waals surface area contributed by atoms with Crippen molar-refractivity contribution in [2.45, 2.75) is 38.1 Å². The number of nitrogens with zero attached hydrogens (tertiary/aromatic N) is 1. The summed E-state index contributed by atoms with van der Waals surface area (Å²) in [6.45, 7) is 1.73. The van der Waals surface area contributed by atoms with E-state index in [0.717, 1.165) is 56.5 Å². The van der Waals surface area contributed by atoms with Gasteiger partial charge >= 0.3 is 0 Å². The van der Waals surface area contributed by atoms with Gasteiger partial charge in [0.2, 0.25) is 5.91 Å². The van der Waals surface area contributed by atoms with Crippen LogP contribution in [0.5, 0.6) is 0 Å². The van der Waals surface area contributed by atoms with Crippen LogP contribution >= 0.6 is 0 Å². The van der Waals surface area contributed by atoms with Crippen molar-refractivity contribution < 1.29 is 4.79 Å². The van der Waals surface area contributed by atoms with Gasteiger partial charge in [-0.05, 0) is 44.2 Å². The molecule has 1 fully saturated rings. The first-order valence-corrected chi connectivity index (χ1v) is 7.63. The Kier molecular flexibility index (Phi) is 4.05. The second-order valence-electron chi connectivity index (χ2n) is 5.72. The Morgan fingerprint density at radius 1 is 1.20 bits per heavy atom. The highest BCUT2D eigenvalue weighted by atomic mass is 16.2. The van der Waals surface area contributed by atoms with Crippen LogP contribution in [0, 0.1) is 0 Å². The molecule has 0 aromatic heterocycles. The lowest BCUT2D eigenvalue weighted by Crippen LogP contribution is -2.45. The van der Waals surface area contributed by atoms with Crippen LogP contribution in [0.4, 0.5) is 5.69 Å². The van der Waals surface area contributed by atoms with Gasteiger partial charge in [-0.1, -0.05) is 24.3 Å². The minimum atomic E-state index is 0.266. The maximum absolute atomic E-state index is 12.4. The number of hydrogen-bond donors (Lipinski definition) is 1. The van der Waals surface area contributed by atoms with Gasteiger partial charge in [-0.25, -0.2) is 0 Å². The van der Waals surface area contributed by atoms with Crippen molar-refractivity contribution in [1.82, 2.24) is 4.90 Å². The molecule has 20 heavy (non-hydrogen) atoms. The van der Waals surface area contributed by atoms with Crippen LogP contribution in [0.3, 0.4) is 0 Å². The van der Waals surface area contributed by atoms with Gasteiger partial charge in [-0.2, -0.15) is 0 Å². The van der Waals surface area contributed by atoms with Gasteiger partial charge in [0.15, 0.2) is 0 Å². The van der Waals surface area contributed by atoms with Crippen LogP contribution in [-0.4, -0.2) is 29.9 Å². The Balaban J connectivity index is 1.60. The number of piperidine rings is 1. The van der Waals surface area contributed by atoms with Gasteiger partial charge < -0.3 is 10.2 Å². The Morgan fingerprint density at radius 2 is 2.05 bits per heavy atom. The number of anilines is 1. The number of nitrogens with one attached hydrogen (secondary N) is 1. The number of amides is 1. The average Bonchev–Trinajstić information content (AvgIpc) is 3.02. The molecule has 3 nitrogen and oxygen atoms in total. The first-order valence-electron chi connectivity index (χ1n) is 7.63. The number of benzene rings is 1. The molecule has 0 bridgehead atoms. The van der Waals surface area contributed by atoms with Gasteiger partial charge in [0.1, 0.15) is 0 Å². The van der Waals surface area contributed by atoms with Crippen molar-refractivity contribution in [3.05, 3.63) is 42.0 Å². The van der Waals surface area contributed by atoms with Gasteiger partial charge in [0.05, 0.1) is 0 Å². The van der Waals surface area contributed by atoms with E-state index in [-0.39, 0.29) is 5.91 Å². The highest BCUT2D eigenvalue weighted by Gasteiger charge is 2.26. The Morgan fingerprint density at radius 3 is 2.80 bits per heavy atom.